The molecule has 0 saturated carbocycles. The maximum atomic E-state index is 5.53. The topological polar surface area (TPSA) is 25.8 Å². The van der Waals surface area contributed by atoms with Crippen molar-refractivity contribution in [3.8, 4) is 22.6 Å². The molecule has 0 bridgehead atoms. The summed E-state index contributed by atoms with van der Waals surface area (Å²) in [4.78, 5) is 13.4. The van der Waals surface area contributed by atoms with Gasteiger partial charge in [-0.25, -0.2) is 9.97 Å². The molecule has 49 heavy (non-hydrogen) atoms. The van der Waals surface area contributed by atoms with Gasteiger partial charge in [0.05, 0.1) is 21.3 Å². The predicted molar refractivity (Wildman–Crippen MR) is 206 cm³/mol. The van der Waals surface area contributed by atoms with E-state index in [4.69, 9.17) is 9.97 Å². The summed E-state index contributed by atoms with van der Waals surface area (Å²) in [6, 6.07) is 61.3. The van der Waals surface area contributed by atoms with E-state index in [1.165, 1.54) is 52.9 Å². The average molecular weight is 661 g/mol. The zero-order valence-electron chi connectivity index (χ0n) is 26.4. The minimum atomic E-state index is -0.520. The van der Waals surface area contributed by atoms with Crippen LogP contribution in [-0.2, 0) is 5.41 Å². The highest BCUT2D eigenvalue weighted by molar-refractivity contribution is 7.99. The van der Waals surface area contributed by atoms with Gasteiger partial charge in [0.15, 0.2) is 5.82 Å². The molecule has 0 fully saturated rings. The third-order valence-electron chi connectivity index (χ3n) is 9.84. The largest absolute Gasteiger partial charge is 0.226 e. The van der Waals surface area contributed by atoms with E-state index in [1.807, 2.05) is 11.8 Å². The molecule has 7 aromatic carbocycles. The van der Waals surface area contributed by atoms with Crippen molar-refractivity contribution >= 4 is 54.2 Å². The number of hydrogen-bond donors (Lipinski definition) is 0. The molecule has 0 spiro atoms. The molecule has 2 nitrogen and oxygen atoms in total. The van der Waals surface area contributed by atoms with E-state index < -0.39 is 5.41 Å². The SMILES string of the molecule is c1ccc(C2(c3ccccc3)c3ccccc3Sc3c(-c4nc(-c5cccc6ccccc56)c5sc6ccccc6c5n4)cccc32)cc1. The summed E-state index contributed by atoms with van der Waals surface area (Å²) in [5.41, 5.74) is 8.66. The van der Waals surface area contributed by atoms with Crippen LogP contribution in [0, 0.1) is 0 Å². The van der Waals surface area contributed by atoms with Crippen molar-refractivity contribution in [3.63, 3.8) is 0 Å². The molecule has 0 unspecified atom stereocenters. The molecule has 0 N–H and O–H groups in total. The van der Waals surface area contributed by atoms with E-state index in [2.05, 4.69) is 170 Å². The minimum absolute atomic E-state index is 0.520. The van der Waals surface area contributed by atoms with Gasteiger partial charge >= 0.3 is 0 Å². The first kappa shape index (κ1) is 28.5. The first-order valence-corrected chi connectivity index (χ1v) is 18.1. The Hall–Kier alpha value is -5.55. The lowest BCUT2D eigenvalue weighted by Gasteiger charge is -2.42. The molecule has 1 aliphatic heterocycles. The van der Waals surface area contributed by atoms with Crippen molar-refractivity contribution in [3.05, 3.63) is 192 Å². The van der Waals surface area contributed by atoms with Gasteiger partial charge in [0.25, 0.3) is 0 Å². The third-order valence-corrected chi connectivity index (χ3v) is 12.2. The van der Waals surface area contributed by atoms with Gasteiger partial charge in [-0.15, -0.1) is 11.3 Å². The maximum absolute atomic E-state index is 5.53. The van der Waals surface area contributed by atoms with Crippen molar-refractivity contribution in [1.82, 2.24) is 9.97 Å². The average Bonchev–Trinajstić information content (AvgIpc) is 3.56. The molecule has 9 aromatic rings. The maximum Gasteiger partial charge on any atom is 0.161 e. The fourth-order valence-electron chi connectivity index (χ4n) is 7.73. The summed E-state index contributed by atoms with van der Waals surface area (Å²) in [6.45, 7) is 0. The summed E-state index contributed by atoms with van der Waals surface area (Å²) in [5.74, 6) is 0.748. The second kappa shape index (κ2) is 11.3. The van der Waals surface area contributed by atoms with E-state index in [1.54, 1.807) is 11.3 Å². The zero-order chi connectivity index (χ0) is 32.4. The van der Waals surface area contributed by atoms with Crippen molar-refractivity contribution in [2.45, 2.75) is 15.2 Å². The molecule has 0 amide bonds. The molecule has 4 heteroatoms. The van der Waals surface area contributed by atoms with E-state index in [0.29, 0.717) is 0 Å². The molecular formula is C45H28N2S2. The fourth-order valence-corrected chi connectivity index (χ4v) is 10.2. The van der Waals surface area contributed by atoms with Crippen LogP contribution in [0.15, 0.2) is 180 Å². The van der Waals surface area contributed by atoms with Crippen LogP contribution in [0.3, 0.4) is 0 Å². The molecular weight excluding hydrogens is 633 g/mol. The van der Waals surface area contributed by atoms with Crippen LogP contribution in [-0.4, -0.2) is 9.97 Å². The fraction of sp³-hybridized carbons (Fsp3) is 0.0222. The highest BCUT2D eigenvalue weighted by Crippen LogP contribution is 2.57. The molecule has 2 aromatic heterocycles. The van der Waals surface area contributed by atoms with Crippen molar-refractivity contribution in [2.24, 2.45) is 0 Å². The Morgan fingerprint density at radius 1 is 0.469 bits per heavy atom. The standard InChI is InChI=1S/C45H28N2S2/c1-3-17-30(18-4-1)45(31-19-5-2-6-20-31)36-25-10-12-28-39(36)49-42-35(24-14-26-37(42)45)44-46-40(33-23-13-16-29-15-7-8-21-32(29)33)43-41(47-44)34-22-9-11-27-38(34)48-43/h1-28H. The summed E-state index contributed by atoms with van der Waals surface area (Å²) in [6.07, 6.45) is 0. The first-order valence-electron chi connectivity index (χ1n) is 16.5. The Bertz CT molecular complexity index is 2650. The molecule has 1 aliphatic rings. The number of thiophene rings is 1. The Kier molecular flexibility index (Phi) is 6.55. The Morgan fingerprint density at radius 2 is 1.08 bits per heavy atom. The lowest BCUT2D eigenvalue weighted by molar-refractivity contribution is 0.703. The monoisotopic (exact) mass is 660 g/mol. The van der Waals surface area contributed by atoms with Crippen molar-refractivity contribution in [2.75, 3.05) is 0 Å². The normalized spacial score (nSPS) is 13.4. The number of hydrogen-bond acceptors (Lipinski definition) is 4. The number of benzene rings is 7. The van der Waals surface area contributed by atoms with Gasteiger partial charge in [0, 0.05) is 31.0 Å². The molecule has 0 atom stereocenters. The van der Waals surface area contributed by atoms with Gasteiger partial charge in [-0.2, -0.15) is 0 Å². The second-order valence-corrected chi connectivity index (χ2v) is 14.6. The lowest BCUT2D eigenvalue weighted by Crippen LogP contribution is -2.34. The molecule has 0 aliphatic carbocycles. The smallest absolute Gasteiger partial charge is 0.161 e. The highest BCUT2D eigenvalue weighted by Gasteiger charge is 2.45. The van der Waals surface area contributed by atoms with Gasteiger partial charge in [-0.1, -0.05) is 169 Å². The molecule has 10 rings (SSSR count). The van der Waals surface area contributed by atoms with Gasteiger partial charge in [0.1, 0.15) is 0 Å². The number of nitrogens with zero attached hydrogens (tertiary/aromatic N) is 2. The van der Waals surface area contributed by atoms with Crippen LogP contribution >= 0.6 is 23.1 Å². The van der Waals surface area contributed by atoms with Gasteiger partial charge in [-0.05, 0) is 45.2 Å². The number of aromatic nitrogens is 2. The van der Waals surface area contributed by atoms with E-state index in [0.717, 1.165) is 32.9 Å². The Balaban J connectivity index is 1.31. The third kappa shape index (κ3) is 4.28. The highest BCUT2D eigenvalue weighted by atomic mass is 32.2. The second-order valence-electron chi connectivity index (χ2n) is 12.5. The molecule has 3 heterocycles. The Labute approximate surface area is 292 Å². The van der Waals surface area contributed by atoms with Crippen LogP contribution in [0.4, 0.5) is 0 Å². The number of fused-ring (bicyclic) bond motifs is 6. The van der Waals surface area contributed by atoms with Crippen LogP contribution in [0.1, 0.15) is 22.3 Å². The van der Waals surface area contributed by atoms with Crippen LogP contribution in [0.2, 0.25) is 0 Å². The summed E-state index contributed by atoms with van der Waals surface area (Å²) in [7, 11) is 0. The van der Waals surface area contributed by atoms with E-state index >= 15 is 0 Å². The van der Waals surface area contributed by atoms with E-state index in [9.17, 15) is 0 Å². The molecule has 0 saturated heterocycles. The first-order chi connectivity index (χ1) is 24.3. The minimum Gasteiger partial charge on any atom is -0.226 e. The van der Waals surface area contributed by atoms with E-state index in [-0.39, 0.29) is 0 Å². The van der Waals surface area contributed by atoms with Crippen molar-refractivity contribution < 1.29 is 0 Å². The van der Waals surface area contributed by atoms with Crippen molar-refractivity contribution in [1.29, 1.82) is 0 Å². The summed E-state index contributed by atoms with van der Waals surface area (Å²) >= 11 is 3.61. The Morgan fingerprint density at radius 3 is 1.90 bits per heavy atom. The summed E-state index contributed by atoms with van der Waals surface area (Å²) < 4.78 is 2.34. The number of rotatable bonds is 4. The quantitative estimate of drug-likeness (QED) is 0.188. The van der Waals surface area contributed by atoms with Crippen LogP contribution in [0.5, 0.6) is 0 Å². The van der Waals surface area contributed by atoms with Crippen LogP contribution in [0.25, 0.3) is 53.7 Å². The van der Waals surface area contributed by atoms with Gasteiger partial charge in [0.2, 0.25) is 0 Å². The van der Waals surface area contributed by atoms with Gasteiger partial charge in [-0.3, -0.25) is 0 Å². The predicted octanol–water partition coefficient (Wildman–Crippen LogP) is 12.2. The van der Waals surface area contributed by atoms with Gasteiger partial charge < -0.3 is 0 Å². The summed E-state index contributed by atoms with van der Waals surface area (Å²) in [5, 5.41) is 3.56. The van der Waals surface area contributed by atoms with Crippen LogP contribution < -0.4 is 0 Å². The zero-order valence-corrected chi connectivity index (χ0v) is 28.0. The lowest BCUT2D eigenvalue weighted by atomic mass is 9.64. The molecule has 230 valence electrons. The molecule has 0 radical (unpaired) electrons.